The van der Waals surface area contributed by atoms with Gasteiger partial charge in [0.25, 0.3) is 0 Å². The molecule has 1 aliphatic rings. The van der Waals surface area contributed by atoms with E-state index in [9.17, 15) is 0 Å². The summed E-state index contributed by atoms with van der Waals surface area (Å²) in [5, 5.41) is 0. The van der Waals surface area contributed by atoms with Gasteiger partial charge in [-0.05, 0) is 37.0 Å². The van der Waals surface area contributed by atoms with E-state index < -0.39 is 5.79 Å². The van der Waals surface area contributed by atoms with Crippen LogP contribution in [0, 0.1) is 6.92 Å². The Balaban J connectivity index is 1.65. The van der Waals surface area contributed by atoms with Gasteiger partial charge in [-0.3, -0.25) is 0 Å². The van der Waals surface area contributed by atoms with Gasteiger partial charge in [-0.25, -0.2) is 0 Å². The van der Waals surface area contributed by atoms with E-state index in [2.05, 4.69) is 55.5 Å². The average Bonchev–Trinajstić information content (AvgIpc) is 2.94. The van der Waals surface area contributed by atoms with Gasteiger partial charge in [0.1, 0.15) is 0 Å². The van der Waals surface area contributed by atoms with Crippen molar-refractivity contribution >= 4 is 0 Å². The maximum absolute atomic E-state index is 5.64. The number of rotatable bonds is 4. The molecule has 0 spiro atoms. The van der Waals surface area contributed by atoms with Gasteiger partial charge in [0.15, 0.2) is 5.79 Å². The molecule has 0 amide bonds. The Morgan fingerprint density at radius 3 is 1.95 bits per heavy atom. The minimum Gasteiger partial charge on any atom is -0.348 e. The third kappa shape index (κ3) is 3.52. The van der Waals surface area contributed by atoms with Gasteiger partial charge in [-0.2, -0.15) is 0 Å². The van der Waals surface area contributed by atoms with Crippen LogP contribution in [0.15, 0.2) is 48.5 Å². The highest BCUT2D eigenvalue weighted by Gasteiger charge is 2.30. The molecular formula is C19H22O2. The predicted molar refractivity (Wildman–Crippen MR) is 85.2 cm³/mol. The van der Waals surface area contributed by atoms with Gasteiger partial charge in [0, 0.05) is 6.42 Å². The molecule has 1 aliphatic heterocycles. The fraction of sp³-hybridized carbons (Fsp3) is 0.368. The van der Waals surface area contributed by atoms with E-state index in [1.165, 1.54) is 22.3 Å². The first-order chi connectivity index (χ1) is 10.1. The molecule has 0 radical (unpaired) electrons. The molecule has 1 fully saturated rings. The maximum atomic E-state index is 5.64. The summed E-state index contributed by atoms with van der Waals surface area (Å²) >= 11 is 0. The van der Waals surface area contributed by atoms with Crippen LogP contribution in [0.5, 0.6) is 0 Å². The molecule has 0 saturated carbocycles. The summed E-state index contributed by atoms with van der Waals surface area (Å²) in [5.41, 5.74) is 5.14. The van der Waals surface area contributed by atoms with Crippen molar-refractivity contribution in [3.05, 3.63) is 59.7 Å². The Bertz CT molecular complexity index is 578. The van der Waals surface area contributed by atoms with Crippen molar-refractivity contribution in [2.75, 3.05) is 13.2 Å². The van der Waals surface area contributed by atoms with Crippen molar-refractivity contribution in [1.29, 1.82) is 0 Å². The highest BCUT2D eigenvalue weighted by atomic mass is 16.7. The van der Waals surface area contributed by atoms with Crippen LogP contribution in [-0.2, 0) is 15.9 Å². The highest BCUT2D eigenvalue weighted by Crippen LogP contribution is 2.25. The van der Waals surface area contributed by atoms with E-state index in [4.69, 9.17) is 9.47 Å². The molecule has 0 bridgehead atoms. The number of ether oxygens (including phenoxy) is 2. The first-order valence-electron chi connectivity index (χ1n) is 7.59. The molecule has 0 aliphatic carbocycles. The monoisotopic (exact) mass is 282 g/mol. The number of hydrogen-bond donors (Lipinski definition) is 0. The topological polar surface area (TPSA) is 18.5 Å². The van der Waals surface area contributed by atoms with Crippen LogP contribution in [0.25, 0.3) is 11.1 Å². The Hall–Kier alpha value is -1.64. The normalized spacial score (nSPS) is 17.0. The molecule has 3 rings (SSSR count). The minimum absolute atomic E-state index is 0.393. The van der Waals surface area contributed by atoms with Gasteiger partial charge >= 0.3 is 0 Å². The minimum atomic E-state index is -0.393. The third-order valence-corrected chi connectivity index (χ3v) is 4.10. The molecule has 2 heteroatoms. The first-order valence-corrected chi connectivity index (χ1v) is 7.59. The Labute approximate surface area is 126 Å². The SMILES string of the molecule is Cc1ccc(-c2ccc(CCC3(C)OCCO3)cc2)cc1. The zero-order valence-corrected chi connectivity index (χ0v) is 12.8. The largest absolute Gasteiger partial charge is 0.348 e. The Morgan fingerprint density at radius 2 is 1.38 bits per heavy atom. The lowest BCUT2D eigenvalue weighted by molar-refractivity contribution is -0.146. The second-order valence-corrected chi connectivity index (χ2v) is 5.89. The quantitative estimate of drug-likeness (QED) is 0.829. The Kier molecular flexibility index (Phi) is 4.09. The number of hydrogen-bond acceptors (Lipinski definition) is 2. The standard InChI is InChI=1S/C19H22O2/c1-15-3-7-17(8-4-15)18-9-5-16(6-10-18)11-12-19(2)20-13-14-21-19/h3-10H,11-14H2,1-2H3. The molecule has 2 aromatic carbocycles. The lowest BCUT2D eigenvalue weighted by Gasteiger charge is -2.22. The van der Waals surface area contributed by atoms with Gasteiger partial charge in [0.2, 0.25) is 0 Å². The molecule has 21 heavy (non-hydrogen) atoms. The molecular weight excluding hydrogens is 260 g/mol. The zero-order chi connectivity index (χ0) is 14.7. The van der Waals surface area contributed by atoms with E-state index in [1.807, 2.05) is 6.92 Å². The van der Waals surface area contributed by atoms with Gasteiger partial charge < -0.3 is 9.47 Å². The van der Waals surface area contributed by atoms with Crippen LogP contribution in [0.1, 0.15) is 24.5 Å². The molecule has 2 nitrogen and oxygen atoms in total. The lowest BCUT2D eigenvalue weighted by Crippen LogP contribution is -2.26. The predicted octanol–water partition coefficient (Wildman–Crippen LogP) is 4.36. The number of benzene rings is 2. The van der Waals surface area contributed by atoms with Gasteiger partial charge in [-0.15, -0.1) is 0 Å². The average molecular weight is 282 g/mol. The van der Waals surface area contributed by atoms with Crippen LogP contribution in [0.4, 0.5) is 0 Å². The van der Waals surface area contributed by atoms with Crippen LogP contribution >= 0.6 is 0 Å². The van der Waals surface area contributed by atoms with Crippen molar-refractivity contribution in [3.63, 3.8) is 0 Å². The third-order valence-electron chi connectivity index (χ3n) is 4.10. The summed E-state index contributed by atoms with van der Waals surface area (Å²) in [7, 11) is 0. The lowest BCUT2D eigenvalue weighted by atomic mass is 10.00. The van der Waals surface area contributed by atoms with E-state index in [0.717, 1.165) is 12.8 Å². The summed E-state index contributed by atoms with van der Waals surface area (Å²) in [6.07, 6.45) is 1.88. The molecule has 0 atom stereocenters. The van der Waals surface area contributed by atoms with Crippen molar-refractivity contribution in [2.24, 2.45) is 0 Å². The molecule has 0 N–H and O–H groups in total. The van der Waals surface area contributed by atoms with Crippen molar-refractivity contribution < 1.29 is 9.47 Å². The van der Waals surface area contributed by atoms with Crippen molar-refractivity contribution in [2.45, 2.75) is 32.5 Å². The van der Waals surface area contributed by atoms with E-state index in [0.29, 0.717) is 13.2 Å². The second kappa shape index (κ2) is 6.00. The zero-order valence-electron chi connectivity index (χ0n) is 12.8. The van der Waals surface area contributed by atoms with E-state index in [-0.39, 0.29) is 0 Å². The molecule has 110 valence electrons. The Morgan fingerprint density at radius 1 is 0.857 bits per heavy atom. The molecule has 2 aromatic rings. The first kappa shape index (κ1) is 14.3. The van der Waals surface area contributed by atoms with Crippen molar-refractivity contribution in [3.8, 4) is 11.1 Å². The fourth-order valence-corrected chi connectivity index (χ4v) is 2.68. The van der Waals surface area contributed by atoms with Gasteiger partial charge in [0.05, 0.1) is 13.2 Å². The van der Waals surface area contributed by atoms with Crippen LogP contribution in [-0.4, -0.2) is 19.0 Å². The molecule has 1 saturated heterocycles. The highest BCUT2D eigenvalue weighted by molar-refractivity contribution is 5.63. The smallest absolute Gasteiger partial charge is 0.166 e. The summed E-state index contributed by atoms with van der Waals surface area (Å²) in [4.78, 5) is 0. The van der Waals surface area contributed by atoms with Gasteiger partial charge in [-0.1, -0.05) is 54.1 Å². The summed E-state index contributed by atoms with van der Waals surface area (Å²) in [6, 6.07) is 17.4. The molecule has 1 heterocycles. The van der Waals surface area contributed by atoms with Crippen LogP contribution in [0.2, 0.25) is 0 Å². The van der Waals surface area contributed by atoms with E-state index >= 15 is 0 Å². The fourth-order valence-electron chi connectivity index (χ4n) is 2.68. The molecule has 0 aromatic heterocycles. The number of aryl methyl sites for hydroxylation is 2. The maximum Gasteiger partial charge on any atom is 0.166 e. The van der Waals surface area contributed by atoms with Crippen molar-refractivity contribution in [1.82, 2.24) is 0 Å². The van der Waals surface area contributed by atoms with Crippen LogP contribution < -0.4 is 0 Å². The summed E-state index contributed by atoms with van der Waals surface area (Å²) in [6.45, 7) is 5.56. The summed E-state index contributed by atoms with van der Waals surface area (Å²) in [5.74, 6) is -0.393. The summed E-state index contributed by atoms with van der Waals surface area (Å²) < 4.78 is 11.3. The van der Waals surface area contributed by atoms with Crippen LogP contribution in [0.3, 0.4) is 0 Å². The molecule has 0 unspecified atom stereocenters. The van der Waals surface area contributed by atoms with E-state index in [1.54, 1.807) is 0 Å². The second-order valence-electron chi connectivity index (χ2n) is 5.89.